The van der Waals surface area contributed by atoms with Gasteiger partial charge in [-0.05, 0) is 49.6 Å². The van der Waals surface area contributed by atoms with E-state index in [0.29, 0.717) is 13.1 Å². The molecule has 0 aromatic heterocycles. The van der Waals surface area contributed by atoms with Crippen LogP contribution in [-0.2, 0) is 16.1 Å². The van der Waals surface area contributed by atoms with Crippen LogP contribution in [0.1, 0.15) is 35.6 Å². The van der Waals surface area contributed by atoms with Crippen molar-refractivity contribution in [2.75, 3.05) is 11.9 Å². The highest BCUT2D eigenvalue weighted by molar-refractivity contribution is 5.91. The quantitative estimate of drug-likeness (QED) is 0.866. The minimum Gasteiger partial charge on any atom is -0.338 e. The molecule has 0 aliphatic carbocycles. The Morgan fingerprint density at radius 3 is 2.24 bits per heavy atom. The van der Waals surface area contributed by atoms with E-state index in [1.807, 2.05) is 51.1 Å². The largest absolute Gasteiger partial charge is 0.338 e. The lowest BCUT2D eigenvalue weighted by atomic mass is 10.1. The Morgan fingerprint density at radius 1 is 0.960 bits per heavy atom. The number of carbonyl (C=O) groups is 2. The fourth-order valence-electron chi connectivity index (χ4n) is 2.89. The monoisotopic (exact) mass is 338 g/mol. The molecule has 0 spiro atoms. The van der Waals surface area contributed by atoms with E-state index >= 15 is 0 Å². The number of rotatable bonds is 6. The molecule has 2 amide bonds. The smallest absolute Gasteiger partial charge is 0.226 e. The summed E-state index contributed by atoms with van der Waals surface area (Å²) in [5.41, 5.74) is 5.26. The first-order valence-electron chi connectivity index (χ1n) is 8.52. The van der Waals surface area contributed by atoms with Crippen LogP contribution in [0, 0.1) is 20.8 Å². The Balaban J connectivity index is 1.94. The van der Waals surface area contributed by atoms with Crippen molar-refractivity contribution in [1.82, 2.24) is 4.90 Å². The number of amides is 2. The number of anilines is 1. The molecule has 0 aliphatic heterocycles. The summed E-state index contributed by atoms with van der Waals surface area (Å²) in [6.45, 7) is 8.49. The van der Waals surface area contributed by atoms with Gasteiger partial charge in [0, 0.05) is 32.1 Å². The van der Waals surface area contributed by atoms with Crippen molar-refractivity contribution >= 4 is 17.5 Å². The van der Waals surface area contributed by atoms with Gasteiger partial charge in [-0.1, -0.05) is 35.9 Å². The second kappa shape index (κ2) is 8.47. The summed E-state index contributed by atoms with van der Waals surface area (Å²) < 4.78 is 0. The van der Waals surface area contributed by atoms with Crippen molar-refractivity contribution in [3.05, 3.63) is 64.7 Å². The summed E-state index contributed by atoms with van der Waals surface area (Å²) in [7, 11) is 0. The molecule has 0 unspecified atom stereocenters. The Kier molecular flexibility index (Phi) is 6.34. The van der Waals surface area contributed by atoms with Gasteiger partial charge in [0.15, 0.2) is 0 Å². The first-order valence-corrected chi connectivity index (χ1v) is 8.52. The summed E-state index contributed by atoms with van der Waals surface area (Å²) in [5, 5.41) is 2.91. The van der Waals surface area contributed by atoms with Gasteiger partial charge >= 0.3 is 0 Å². The van der Waals surface area contributed by atoms with Crippen molar-refractivity contribution in [3.8, 4) is 0 Å². The van der Waals surface area contributed by atoms with E-state index in [1.54, 1.807) is 4.90 Å². The Morgan fingerprint density at radius 2 is 1.64 bits per heavy atom. The maximum Gasteiger partial charge on any atom is 0.226 e. The van der Waals surface area contributed by atoms with Crippen LogP contribution >= 0.6 is 0 Å². The first-order chi connectivity index (χ1) is 11.8. The van der Waals surface area contributed by atoms with E-state index in [0.717, 1.165) is 27.9 Å². The molecule has 4 nitrogen and oxygen atoms in total. The molecule has 0 heterocycles. The molecule has 25 heavy (non-hydrogen) atoms. The summed E-state index contributed by atoms with van der Waals surface area (Å²) >= 11 is 0. The van der Waals surface area contributed by atoms with Crippen LogP contribution in [0.2, 0.25) is 0 Å². The van der Waals surface area contributed by atoms with Gasteiger partial charge in [-0.15, -0.1) is 0 Å². The van der Waals surface area contributed by atoms with Gasteiger partial charge < -0.3 is 10.2 Å². The lowest BCUT2D eigenvalue weighted by Crippen LogP contribution is -2.31. The van der Waals surface area contributed by atoms with Gasteiger partial charge in [0.1, 0.15) is 0 Å². The number of carbonyl (C=O) groups excluding carboxylic acids is 2. The predicted octanol–water partition coefficient (Wildman–Crippen LogP) is 3.99. The van der Waals surface area contributed by atoms with Crippen molar-refractivity contribution in [1.29, 1.82) is 0 Å². The second-order valence-electron chi connectivity index (χ2n) is 6.60. The average molecular weight is 338 g/mol. The highest BCUT2D eigenvalue weighted by atomic mass is 16.2. The topological polar surface area (TPSA) is 49.4 Å². The minimum absolute atomic E-state index is 0.0271. The fourth-order valence-corrected chi connectivity index (χ4v) is 2.89. The molecular weight excluding hydrogens is 312 g/mol. The van der Waals surface area contributed by atoms with E-state index in [4.69, 9.17) is 0 Å². The second-order valence-corrected chi connectivity index (χ2v) is 6.60. The molecule has 4 heteroatoms. The Labute approximate surface area is 149 Å². The average Bonchev–Trinajstić information content (AvgIpc) is 2.50. The molecule has 2 aromatic carbocycles. The lowest BCUT2D eigenvalue weighted by Gasteiger charge is -2.21. The molecule has 2 rings (SSSR count). The van der Waals surface area contributed by atoms with Crippen molar-refractivity contribution < 1.29 is 9.59 Å². The zero-order valence-corrected chi connectivity index (χ0v) is 15.4. The summed E-state index contributed by atoms with van der Waals surface area (Å²) in [6, 6.07) is 14.0. The van der Waals surface area contributed by atoms with Crippen LogP contribution in [0.4, 0.5) is 5.69 Å². The van der Waals surface area contributed by atoms with Crippen LogP contribution < -0.4 is 5.32 Å². The molecule has 0 bridgehead atoms. The number of hydrogen-bond acceptors (Lipinski definition) is 2. The van der Waals surface area contributed by atoms with Crippen LogP contribution in [0.25, 0.3) is 0 Å². The van der Waals surface area contributed by atoms with E-state index < -0.39 is 0 Å². The number of nitrogens with one attached hydrogen (secondary N) is 1. The number of benzene rings is 2. The third kappa shape index (κ3) is 6.07. The molecule has 0 radical (unpaired) electrons. The number of hydrogen-bond donors (Lipinski definition) is 1. The van der Waals surface area contributed by atoms with Crippen LogP contribution in [0.15, 0.2) is 42.5 Å². The van der Waals surface area contributed by atoms with Crippen LogP contribution in [0.5, 0.6) is 0 Å². The van der Waals surface area contributed by atoms with Crippen molar-refractivity contribution in [2.24, 2.45) is 0 Å². The normalized spacial score (nSPS) is 10.4. The van der Waals surface area contributed by atoms with E-state index in [1.165, 1.54) is 6.92 Å². The highest BCUT2D eigenvalue weighted by Crippen LogP contribution is 2.14. The van der Waals surface area contributed by atoms with E-state index in [-0.39, 0.29) is 18.2 Å². The third-order valence-electron chi connectivity index (χ3n) is 4.02. The molecule has 0 aliphatic rings. The Hall–Kier alpha value is -2.62. The number of nitrogens with zero attached hydrogens (tertiary/aromatic N) is 1. The summed E-state index contributed by atoms with van der Waals surface area (Å²) in [5.74, 6) is -0.110. The maximum atomic E-state index is 12.2. The molecule has 0 atom stereocenters. The van der Waals surface area contributed by atoms with E-state index in [9.17, 15) is 9.59 Å². The molecule has 2 aromatic rings. The molecule has 0 saturated heterocycles. The van der Waals surface area contributed by atoms with Gasteiger partial charge in [0.2, 0.25) is 11.8 Å². The fraction of sp³-hybridized carbons (Fsp3) is 0.333. The van der Waals surface area contributed by atoms with Gasteiger partial charge in [0.25, 0.3) is 0 Å². The Bertz CT molecular complexity index is 748. The molecular formula is C21H26N2O2. The number of aryl methyl sites for hydroxylation is 3. The molecule has 132 valence electrons. The highest BCUT2D eigenvalue weighted by Gasteiger charge is 2.12. The lowest BCUT2D eigenvalue weighted by molar-refractivity contribution is -0.129. The zero-order valence-electron chi connectivity index (χ0n) is 15.4. The maximum absolute atomic E-state index is 12.2. The van der Waals surface area contributed by atoms with Crippen LogP contribution in [0.3, 0.4) is 0 Å². The van der Waals surface area contributed by atoms with E-state index in [2.05, 4.69) is 17.4 Å². The predicted molar refractivity (Wildman–Crippen MR) is 101 cm³/mol. The summed E-state index contributed by atoms with van der Waals surface area (Å²) in [4.78, 5) is 25.8. The van der Waals surface area contributed by atoms with Crippen LogP contribution in [-0.4, -0.2) is 23.3 Å². The van der Waals surface area contributed by atoms with Gasteiger partial charge in [0.05, 0.1) is 0 Å². The molecule has 0 fully saturated rings. The summed E-state index contributed by atoms with van der Waals surface area (Å²) in [6.07, 6.45) is 0.276. The van der Waals surface area contributed by atoms with Gasteiger partial charge in [-0.3, -0.25) is 9.59 Å². The van der Waals surface area contributed by atoms with Gasteiger partial charge in [-0.25, -0.2) is 0 Å². The molecule has 1 N–H and O–H groups in total. The SMILES string of the molecule is CC(=O)N(CCC(=O)Nc1cc(C)cc(C)c1)Cc1cccc(C)c1. The third-order valence-corrected chi connectivity index (χ3v) is 4.02. The standard InChI is InChI=1S/C21H26N2O2/c1-15-6-5-7-19(11-15)14-23(18(4)24)9-8-21(25)22-20-12-16(2)10-17(3)13-20/h5-7,10-13H,8-9,14H2,1-4H3,(H,22,25). The zero-order chi connectivity index (χ0) is 18.4. The molecule has 0 saturated carbocycles. The minimum atomic E-state index is -0.0829. The first kappa shape index (κ1) is 18.7. The van der Waals surface area contributed by atoms with Crippen molar-refractivity contribution in [2.45, 2.75) is 40.7 Å². The van der Waals surface area contributed by atoms with Crippen molar-refractivity contribution in [3.63, 3.8) is 0 Å². The van der Waals surface area contributed by atoms with Gasteiger partial charge in [-0.2, -0.15) is 0 Å².